The molecular weight excluding hydrogens is 448 g/mol. The molecule has 10 nitrogen and oxygen atoms in total. The minimum atomic E-state index is -1.04. The van der Waals surface area contributed by atoms with Crippen molar-refractivity contribution in [3.8, 4) is 11.6 Å². The second kappa shape index (κ2) is 9.37. The van der Waals surface area contributed by atoms with E-state index in [0.717, 1.165) is 24.5 Å². The number of aryl methyl sites for hydroxylation is 1. The molecule has 5 heterocycles. The summed E-state index contributed by atoms with van der Waals surface area (Å²) in [7, 11) is 0. The summed E-state index contributed by atoms with van der Waals surface area (Å²) < 4.78 is 18.7. The summed E-state index contributed by atoms with van der Waals surface area (Å²) in [4.78, 5) is 14.0. The van der Waals surface area contributed by atoms with Crippen molar-refractivity contribution in [1.82, 2.24) is 24.6 Å². The van der Waals surface area contributed by atoms with Crippen molar-refractivity contribution >= 4 is 11.6 Å². The molecule has 2 N–H and O–H groups in total. The van der Waals surface area contributed by atoms with Crippen molar-refractivity contribution in [2.24, 2.45) is 0 Å². The van der Waals surface area contributed by atoms with Gasteiger partial charge >= 0.3 is 0 Å². The third-order valence-corrected chi connectivity index (χ3v) is 5.60. The molecule has 0 spiro atoms. The number of rotatable bonds is 7. The van der Waals surface area contributed by atoms with Crippen molar-refractivity contribution in [2.75, 3.05) is 18.5 Å². The van der Waals surface area contributed by atoms with Gasteiger partial charge in [-0.3, -0.25) is 4.98 Å². The van der Waals surface area contributed by atoms with Gasteiger partial charge in [-0.25, -0.2) is 0 Å². The van der Waals surface area contributed by atoms with Gasteiger partial charge in [0.2, 0.25) is 11.8 Å². The molecule has 35 heavy (non-hydrogen) atoms. The number of hydrogen-bond donors (Lipinski definition) is 2. The number of fused-ring (bicyclic) bond motifs is 1. The summed E-state index contributed by atoms with van der Waals surface area (Å²) >= 11 is 0. The largest absolute Gasteiger partial charge is 0.458 e. The number of hydrogen-bond acceptors (Lipinski definition) is 9. The van der Waals surface area contributed by atoms with Crippen LogP contribution < -0.4 is 5.32 Å². The van der Waals surface area contributed by atoms with Gasteiger partial charge in [-0.2, -0.15) is 19.6 Å². The van der Waals surface area contributed by atoms with Crippen LogP contribution in [0.3, 0.4) is 0 Å². The van der Waals surface area contributed by atoms with Crippen LogP contribution in [0.25, 0.3) is 17.2 Å². The number of aromatic nitrogens is 5. The average molecular weight is 479 g/mol. The predicted octanol–water partition coefficient (Wildman–Crippen LogP) is 3.69. The molecule has 5 rings (SSSR count). The van der Waals surface area contributed by atoms with Crippen LogP contribution in [-0.2, 0) is 16.1 Å². The summed E-state index contributed by atoms with van der Waals surface area (Å²) in [6, 6.07) is 9.24. The number of anilines is 1. The summed E-state index contributed by atoms with van der Waals surface area (Å²) in [5, 5.41) is 19.1. The van der Waals surface area contributed by atoms with E-state index in [-0.39, 0.29) is 11.6 Å². The maximum atomic E-state index is 11.3. The Bertz CT molecular complexity index is 1320. The minimum absolute atomic E-state index is 0.0825. The molecule has 2 atom stereocenters. The van der Waals surface area contributed by atoms with Crippen LogP contribution in [0.2, 0.25) is 0 Å². The highest BCUT2D eigenvalue weighted by molar-refractivity contribution is 5.60. The highest BCUT2D eigenvalue weighted by Gasteiger charge is 2.24. The maximum Gasteiger partial charge on any atom is 0.227 e. The Morgan fingerprint density at radius 3 is 2.77 bits per heavy atom. The van der Waals surface area contributed by atoms with Crippen LogP contribution in [0.4, 0.5) is 5.95 Å². The first kappa shape index (κ1) is 23.4. The Labute approximate surface area is 203 Å². The van der Waals surface area contributed by atoms with Crippen LogP contribution in [-0.4, -0.2) is 54.5 Å². The first-order valence-corrected chi connectivity index (χ1v) is 11.7. The van der Waals surface area contributed by atoms with Crippen molar-refractivity contribution in [2.45, 2.75) is 58.5 Å². The monoisotopic (exact) mass is 478 g/mol. The Kier molecular flexibility index (Phi) is 6.26. The summed E-state index contributed by atoms with van der Waals surface area (Å²) in [6.45, 7) is 9.63. The van der Waals surface area contributed by atoms with Gasteiger partial charge in [-0.05, 0) is 58.4 Å². The van der Waals surface area contributed by atoms with E-state index in [0.29, 0.717) is 47.7 Å². The second-order valence-corrected chi connectivity index (χ2v) is 9.74. The number of nitrogens with zero attached hydrogens (tertiary/aromatic N) is 5. The number of aliphatic hydroxyl groups is 1. The quantitative estimate of drug-likeness (QED) is 0.410. The zero-order chi connectivity index (χ0) is 24.6. The molecule has 4 aromatic heterocycles. The van der Waals surface area contributed by atoms with E-state index in [1.807, 2.05) is 52.0 Å². The van der Waals surface area contributed by atoms with Gasteiger partial charge in [0.25, 0.3) is 0 Å². The molecule has 4 aromatic rings. The molecule has 1 aliphatic rings. The first-order chi connectivity index (χ1) is 16.8. The zero-order valence-electron chi connectivity index (χ0n) is 20.4. The van der Waals surface area contributed by atoms with Gasteiger partial charge < -0.3 is 24.3 Å². The fourth-order valence-corrected chi connectivity index (χ4v) is 3.93. The van der Waals surface area contributed by atoms with E-state index in [9.17, 15) is 5.11 Å². The van der Waals surface area contributed by atoms with Crippen molar-refractivity contribution in [3.63, 3.8) is 0 Å². The van der Waals surface area contributed by atoms with Crippen LogP contribution in [0.1, 0.15) is 56.0 Å². The van der Waals surface area contributed by atoms with Crippen LogP contribution >= 0.6 is 0 Å². The highest BCUT2D eigenvalue weighted by atomic mass is 16.5. The minimum Gasteiger partial charge on any atom is -0.458 e. The van der Waals surface area contributed by atoms with Crippen LogP contribution in [0, 0.1) is 6.92 Å². The van der Waals surface area contributed by atoms with E-state index < -0.39 is 6.10 Å². The van der Waals surface area contributed by atoms with E-state index in [4.69, 9.17) is 13.9 Å². The summed E-state index contributed by atoms with van der Waals surface area (Å²) in [5.41, 5.74) is 1.94. The fraction of sp³-hybridized carbons (Fsp3) is 0.440. The number of nitrogens with one attached hydrogen (secondary N) is 1. The number of pyridine rings is 1. The lowest BCUT2D eigenvalue weighted by atomic mass is 10.1. The molecule has 2 unspecified atom stereocenters. The van der Waals surface area contributed by atoms with Gasteiger partial charge in [0.1, 0.15) is 11.9 Å². The molecule has 0 saturated carbocycles. The van der Waals surface area contributed by atoms with Crippen molar-refractivity contribution < 1.29 is 19.0 Å². The lowest BCUT2D eigenvalue weighted by Gasteiger charge is -2.21. The smallest absolute Gasteiger partial charge is 0.227 e. The molecule has 1 fully saturated rings. The van der Waals surface area contributed by atoms with Gasteiger partial charge in [0.15, 0.2) is 11.4 Å². The van der Waals surface area contributed by atoms with Gasteiger partial charge in [0, 0.05) is 12.1 Å². The van der Waals surface area contributed by atoms with Crippen molar-refractivity contribution in [3.05, 3.63) is 59.2 Å². The van der Waals surface area contributed by atoms with Gasteiger partial charge in [-0.1, -0.05) is 6.07 Å². The van der Waals surface area contributed by atoms with E-state index in [2.05, 4.69) is 25.4 Å². The van der Waals surface area contributed by atoms with E-state index in [1.54, 1.807) is 16.8 Å². The second-order valence-electron chi connectivity index (χ2n) is 9.74. The highest BCUT2D eigenvalue weighted by Crippen LogP contribution is 2.29. The molecule has 0 aliphatic carbocycles. The Morgan fingerprint density at radius 2 is 2.06 bits per heavy atom. The Balaban J connectivity index is 1.50. The maximum absolute atomic E-state index is 11.3. The molecule has 10 heteroatoms. The average Bonchev–Trinajstić information content (AvgIpc) is 3.57. The Hall–Kier alpha value is -3.34. The van der Waals surface area contributed by atoms with Gasteiger partial charge in [-0.15, -0.1) is 0 Å². The van der Waals surface area contributed by atoms with E-state index >= 15 is 0 Å². The third-order valence-electron chi connectivity index (χ3n) is 5.60. The SMILES string of the molecule is Cc1ccc(-c2nc(NC(C)(C)C)nc3c(C(O)c4cccc(COC5CCOC5)n4)cnn23)o1. The Morgan fingerprint density at radius 1 is 1.20 bits per heavy atom. The first-order valence-electron chi connectivity index (χ1n) is 11.7. The lowest BCUT2D eigenvalue weighted by molar-refractivity contribution is 0.0299. The molecular formula is C25H30N6O4. The number of aliphatic hydroxyl groups excluding tert-OH is 1. The van der Waals surface area contributed by atoms with Crippen molar-refractivity contribution in [1.29, 1.82) is 0 Å². The standard InChI is InChI=1S/C25H30N6O4/c1-15-8-9-20(35-15)23-29-24(30-25(2,3)4)28-22-18(12-26-31(22)23)21(32)19-7-5-6-16(27-19)13-34-17-10-11-33-14-17/h5-9,12,17,21,32H,10-11,13-14H2,1-4H3,(H,28,30). The molecule has 1 aliphatic heterocycles. The van der Waals surface area contributed by atoms with Crippen LogP contribution in [0.15, 0.2) is 40.9 Å². The normalized spacial score (nSPS) is 17.2. The lowest BCUT2D eigenvalue weighted by Crippen LogP contribution is -2.27. The topological polar surface area (TPSA) is 120 Å². The molecule has 0 amide bonds. The van der Waals surface area contributed by atoms with Gasteiger partial charge in [0.05, 0.1) is 42.5 Å². The summed E-state index contributed by atoms with van der Waals surface area (Å²) in [5.74, 6) is 2.22. The molecule has 1 saturated heterocycles. The zero-order valence-corrected chi connectivity index (χ0v) is 20.4. The van der Waals surface area contributed by atoms with Crippen LogP contribution in [0.5, 0.6) is 0 Å². The molecule has 0 aromatic carbocycles. The molecule has 0 radical (unpaired) electrons. The molecule has 0 bridgehead atoms. The number of ether oxygens (including phenoxy) is 2. The summed E-state index contributed by atoms with van der Waals surface area (Å²) in [6.07, 6.45) is 1.52. The third kappa shape index (κ3) is 5.19. The van der Waals surface area contributed by atoms with E-state index in [1.165, 1.54) is 0 Å². The molecule has 184 valence electrons. The fourth-order valence-electron chi connectivity index (χ4n) is 3.93. The predicted molar refractivity (Wildman–Crippen MR) is 129 cm³/mol. The number of furan rings is 1.